The summed E-state index contributed by atoms with van der Waals surface area (Å²) in [7, 11) is 0. The molecule has 0 fully saturated rings. The van der Waals surface area contributed by atoms with Crippen molar-refractivity contribution < 1.29 is 0 Å². The van der Waals surface area contributed by atoms with Crippen LogP contribution in [0.2, 0.25) is 0 Å². The van der Waals surface area contributed by atoms with Gasteiger partial charge in [-0.1, -0.05) is 44.7 Å². The van der Waals surface area contributed by atoms with E-state index in [1.165, 1.54) is 10.6 Å². The molecule has 0 saturated heterocycles. The molecule has 1 aromatic rings. The van der Waals surface area contributed by atoms with E-state index in [2.05, 4.69) is 50.4 Å². The highest BCUT2D eigenvalue weighted by molar-refractivity contribution is 8.00. The summed E-state index contributed by atoms with van der Waals surface area (Å²) in [5, 5.41) is 4.04. The van der Waals surface area contributed by atoms with Crippen molar-refractivity contribution in [2.75, 3.05) is 5.32 Å². The maximum Gasteiger partial charge on any atom is 0.0818 e. The van der Waals surface area contributed by atoms with Crippen LogP contribution in [0.5, 0.6) is 0 Å². The Morgan fingerprint density at radius 2 is 1.92 bits per heavy atom. The molecule has 0 unspecified atom stereocenters. The molecule has 0 aromatic heterocycles. The predicted molar refractivity (Wildman–Crippen MR) is 59.2 cm³/mol. The summed E-state index contributed by atoms with van der Waals surface area (Å²) < 4.78 is 0. The van der Waals surface area contributed by atoms with E-state index in [1.807, 2.05) is 11.8 Å². The van der Waals surface area contributed by atoms with E-state index in [4.69, 9.17) is 0 Å². The fourth-order valence-corrected chi connectivity index (χ4v) is 2.58. The third-order valence-corrected chi connectivity index (χ3v) is 3.88. The lowest BCUT2D eigenvalue weighted by atomic mass is 9.96. The van der Waals surface area contributed by atoms with Crippen molar-refractivity contribution in [3.63, 3.8) is 0 Å². The van der Waals surface area contributed by atoms with Crippen LogP contribution in [-0.4, -0.2) is 5.37 Å². The molecule has 1 heterocycles. The number of benzene rings is 1. The zero-order valence-electron chi connectivity index (χ0n) is 8.29. The minimum absolute atomic E-state index is 0.309. The van der Waals surface area contributed by atoms with Crippen LogP contribution in [0.1, 0.15) is 20.8 Å². The number of anilines is 1. The van der Waals surface area contributed by atoms with Crippen molar-refractivity contribution in [1.29, 1.82) is 0 Å². The summed E-state index contributed by atoms with van der Waals surface area (Å²) in [6, 6.07) is 8.50. The van der Waals surface area contributed by atoms with Crippen molar-refractivity contribution in [3.05, 3.63) is 24.3 Å². The minimum Gasteiger partial charge on any atom is -0.372 e. The van der Waals surface area contributed by atoms with Gasteiger partial charge in [-0.3, -0.25) is 0 Å². The van der Waals surface area contributed by atoms with Gasteiger partial charge < -0.3 is 5.32 Å². The summed E-state index contributed by atoms with van der Waals surface area (Å²) in [4.78, 5) is 1.38. The van der Waals surface area contributed by atoms with Crippen LogP contribution in [0.3, 0.4) is 0 Å². The summed E-state index contributed by atoms with van der Waals surface area (Å²) in [5.74, 6) is 0. The van der Waals surface area contributed by atoms with Gasteiger partial charge in [0.15, 0.2) is 0 Å². The predicted octanol–water partition coefficient (Wildman–Crippen LogP) is 3.58. The molecule has 0 radical (unpaired) electrons. The average Bonchev–Trinajstić information content (AvgIpc) is 2.45. The molecule has 0 saturated carbocycles. The molecule has 0 spiro atoms. The van der Waals surface area contributed by atoms with E-state index in [9.17, 15) is 0 Å². The molecule has 1 aliphatic heterocycles. The van der Waals surface area contributed by atoms with E-state index in [0.717, 1.165) is 0 Å². The molecule has 1 atom stereocenters. The fourth-order valence-electron chi connectivity index (χ4n) is 1.38. The molecule has 13 heavy (non-hydrogen) atoms. The zero-order valence-corrected chi connectivity index (χ0v) is 9.11. The Kier molecular flexibility index (Phi) is 2.03. The first kappa shape index (κ1) is 8.95. The Labute approximate surface area is 83.9 Å². The Morgan fingerprint density at radius 3 is 2.54 bits per heavy atom. The molecular formula is C11H15NS. The van der Waals surface area contributed by atoms with E-state index < -0.39 is 0 Å². The van der Waals surface area contributed by atoms with Gasteiger partial charge >= 0.3 is 0 Å². The Hall–Kier alpha value is -0.630. The zero-order chi connectivity index (χ0) is 9.47. The maximum atomic E-state index is 3.54. The van der Waals surface area contributed by atoms with E-state index in [-0.39, 0.29) is 0 Å². The van der Waals surface area contributed by atoms with Crippen molar-refractivity contribution >= 4 is 17.4 Å². The third kappa shape index (κ3) is 1.68. The molecule has 0 amide bonds. The summed E-state index contributed by atoms with van der Waals surface area (Å²) in [6.45, 7) is 6.80. The number of para-hydroxylation sites is 1. The highest BCUT2D eigenvalue weighted by atomic mass is 32.2. The molecular weight excluding hydrogens is 178 g/mol. The second-order valence-corrected chi connectivity index (χ2v) is 5.65. The molecule has 1 aliphatic rings. The van der Waals surface area contributed by atoms with Gasteiger partial charge in [-0.05, 0) is 17.5 Å². The van der Waals surface area contributed by atoms with Crippen LogP contribution in [0.15, 0.2) is 29.2 Å². The van der Waals surface area contributed by atoms with E-state index in [0.29, 0.717) is 10.8 Å². The maximum absolute atomic E-state index is 3.54. The van der Waals surface area contributed by atoms with Gasteiger partial charge in [0.2, 0.25) is 0 Å². The summed E-state index contributed by atoms with van der Waals surface area (Å²) in [6.07, 6.45) is 0. The Balaban J connectivity index is 2.23. The highest BCUT2D eigenvalue weighted by Crippen LogP contribution is 2.44. The van der Waals surface area contributed by atoms with Crippen molar-refractivity contribution in [1.82, 2.24) is 0 Å². The van der Waals surface area contributed by atoms with Crippen LogP contribution >= 0.6 is 11.8 Å². The molecule has 70 valence electrons. The topological polar surface area (TPSA) is 12.0 Å². The molecule has 1 aromatic carbocycles. The van der Waals surface area contributed by atoms with Gasteiger partial charge in [-0.2, -0.15) is 0 Å². The largest absolute Gasteiger partial charge is 0.372 e. The number of nitrogens with one attached hydrogen (secondary N) is 1. The lowest BCUT2D eigenvalue weighted by Gasteiger charge is -2.26. The summed E-state index contributed by atoms with van der Waals surface area (Å²) >= 11 is 1.93. The SMILES string of the molecule is CC(C)(C)[C@H]1Nc2ccccc2S1. The van der Waals surface area contributed by atoms with Gasteiger partial charge in [0, 0.05) is 10.6 Å². The molecule has 1 N–H and O–H groups in total. The van der Waals surface area contributed by atoms with Gasteiger partial charge in [-0.25, -0.2) is 0 Å². The number of thioether (sulfide) groups is 1. The van der Waals surface area contributed by atoms with Crippen LogP contribution in [0.25, 0.3) is 0 Å². The normalized spacial score (nSPS) is 21.0. The number of rotatable bonds is 0. The highest BCUT2D eigenvalue weighted by Gasteiger charge is 2.30. The molecule has 2 rings (SSSR count). The third-order valence-electron chi connectivity index (χ3n) is 2.21. The van der Waals surface area contributed by atoms with Crippen LogP contribution in [0.4, 0.5) is 5.69 Å². The van der Waals surface area contributed by atoms with E-state index >= 15 is 0 Å². The van der Waals surface area contributed by atoms with Crippen LogP contribution in [0, 0.1) is 5.41 Å². The fraction of sp³-hybridized carbons (Fsp3) is 0.455. The van der Waals surface area contributed by atoms with Gasteiger partial charge in [0.25, 0.3) is 0 Å². The van der Waals surface area contributed by atoms with Crippen LogP contribution < -0.4 is 5.32 Å². The van der Waals surface area contributed by atoms with Gasteiger partial charge in [-0.15, -0.1) is 0 Å². The first-order chi connectivity index (χ1) is 6.07. The number of hydrogen-bond acceptors (Lipinski definition) is 2. The number of hydrogen-bond donors (Lipinski definition) is 1. The Morgan fingerprint density at radius 1 is 1.23 bits per heavy atom. The van der Waals surface area contributed by atoms with E-state index in [1.54, 1.807) is 0 Å². The van der Waals surface area contributed by atoms with Crippen molar-refractivity contribution in [2.24, 2.45) is 5.41 Å². The smallest absolute Gasteiger partial charge is 0.0818 e. The standard InChI is InChI=1S/C11H15NS/c1-11(2,3)10-12-8-6-4-5-7-9(8)13-10/h4-7,10,12H,1-3H3/t10-/m0/s1. The lowest BCUT2D eigenvalue weighted by molar-refractivity contribution is 0.419. The second kappa shape index (κ2) is 2.95. The monoisotopic (exact) mass is 193 g/mol. The Bertz CT molecular complexity index is 289. The quantitative estimate of drug-likeness (QED) is 0.676. The molecule has 1 nitrogen and oxygen atoms in total. The van der Waals surface area contributed by atoms with Gasteiger partial charge in [0.05, 0.1) is 5.37 Å². The van der Waals surface area contributed by atoms with Crippen molar-refractivity contribution in [2.45, 2.75) is 31.0 Å². The second-order valence-electron chi connectivity index (χ2n) is 4.50. The minimum atomic E-state index is 0.309. The number of fused-ring (bicyclic) bond motifs is 1. The molecule has 0 bridgehead atoms. The summed E-state index contributed by atoms with van der Waals surface area (Å²) in [5.41, 5.74) is 1.59. The first-order valence-electron chi connectivity index (χ1n) is 4.59. The van der Waals surface area contributed by atoms with Crippen molar-refractivity contribution in [3.8, 4) is 0 Å². The van der Waals surface area contributed by atoms with Gasteiger partial charge in [0.1, 0.15) is 0 Å². The molecule has 2 heteroatoms. The van der Waals surface area contributed by atoms with Crippen LogP contribution in [-0.2, 0) is 0 Å². The molecule has 0 aliphatic carbocycles. The first-order valence-corrected chi connectivity index (χ1v) is 5.47. The lowest BCUT2D eigenvalue weighted by Crippen LogP contribution is -2.27. The average molecular weight is 193 g/mol.